The largest absolute Gasteiger partial charge is 0.331 e. The second-order valence-corrected chi connectivity index (χ2v) is 6.14. The summed E-state index contributed by atoms with van der Waals surface area (Å²) in [5.41, 5.74) is 2.85. The molecule has 2 nitrogen and oxygen atoms in total. The third-order valence-electron chi connectivity index (χ3n) is 3.06. The van der Waals surface area contributed by atoms with Crippen molar-refractivity contribution in [3.8, 4) is 0 Å². The standard InChI is InChI=1S/C14H9BrClFN2S/c15-9-2-4-12-13(6-9)19(14(20)18-12)7-8-1-3-11(17)10(16)5-8/h1-6H,7H2,(H,18,20). The van der Waals surface area contributed by atoms with E-state index in [0.29, 0.717) is 11.3 Å². The lowest BCUT2D eigenvalue weighted by Crippen LogP contribution is -2.00. The van der Waals surface area contributed by atoms with Crippen molar-refractivity contribution in [2.24, 2.45) is 0 Å². The maximum atomic E-state index is 13.2. The van der Waals surface area contributed by atoms with Crippen LogP contribution in [0.1, 0.15) is 5.56 Å². The second kappa shape index (κ2) is 5.31. The van der Waals surface area contributed by atoms with E-state index in [2.05, 4.69) is 20.9 Å². The van der Waals surface area contributed by atoms with Gasteiger partial charge in [0, 0.05) is 4.47 Å². The molecule has 0 bridgehead atoms. The van der Waals surface area contributed by atoms with Crippen LogP contribution in [0.4, 0.5) is 4.39 Å². The Kier molecular flexibility index (Phi) is 3.67. The predicted molar refractivity (Wildman–Crippen MR) is 85.3 cm³/mol. The number of benzene rings is 2. The molecule has 1 aromatic heterocycles. The Balaban J connectivity index is 2.10. The van der Waals surface area contributed by atoms with E-state index < -0.39 is 5.82 Å². The van der Waals surface area contributed by atoms with Crippen LogP contribution in [0.2, 0.25) is 5.02 Å². The van der Waals surface area contributed by atoms with E-state index in [9.17, 15) is 4.39 Å². The zero-order chi connectivity index (χ0) is 14.3. The minimum absolute atomic E-state index is 0.120. The van der Waals surface area contributed by atoms with Crippen LogP contribution in [0.15, 0.2) is 40.9 Å². The Hall–Kier alpha value is -1.17. The average molecular weight is 372 g/mol. The number of aromatic nitrogens is 2. The highest BCUT2D eigenvalue weighted by atomic mass is 79.9. The maximum absolute atomic E-state index is 13.2. The molecular formula is C14H9BrClFN2S. The fraction of sp³-hybridized carbons (Fsp3) is 0.0714. The smallest absolute Gasteiger partial charge is 0.178 e. The van der Waals surface area contributed by atoms with Crippen LogP contribution in [-0.4, -0.2) is 9.55 Å². The van der Waals surface area contributed by atoms with Crippen LogP contribution in [0, 0.1) is 10.6 Å². The zero-order valence-corrected chi connectivity index (χ0v) is 13.3. The van der Waals surface area contributed by atoms with Crippen molar-refractivity contribution < 1.29 is 4.39 Å². The lowest BCUT2D eigenvalue weighted by molar-refractivity contribution is 0.627. The van der Waals surface area contributed by atoms with Crippen LogP contribution in [-0.2, 0) is 6.54 Å². The van der Waals surface area contributed by atoms with Crippen molar-refractivity contribution in [2.75, 3.05) is 0 Å². The SMILES string of the molecule is Fc1ccc(Cn2c(=S)[nH]c3ccc(Br)cc32)cc1Cl. The minimum atomic E-state index is -0.416. The molecule has 3 aromatic rings. The van der Waals surface area contributed by atoms with E-state index >= 15 is 0 Å². The highest BCUT2D eigenvalue weighted by molar-refractivity contribution is 9.10. The third-order valence-corrected chi connectivity index (χ3v) is 4.17. The van der Waals surface area contributed by atoms with Crippen LogP contribution in [0.25, 0.3) is 11.0 Å². The number of halogens is 3. The molecule has 20 heavy (non-hydrogen) atoms. The third kappa shape index (κ3) is 2.53. The molecule has 0 fully saturated rings. The quantitative estimate of drug-likeness (QED) is 0.606. The van der Waals surface area contributed by atoms with Crippen LogP contribution < -0.4 is 0 Å². The van der Waals surface area contributed by atoms with E-state index in [1.54, 1.807) is 12.1 Å². The highest BCUT2D eigenvalue weighted by Crippen LogP contribution is 2.22. The predicted octanol–water partition coefficient (Wildman–Crippen LogP) is 5.30. The molecule has 2 aromatic carbocycles. The van der Waals surface area contributed by atoms with E-state index in [1.165, 1.54) is 6.07 Å². The normalized spacial score (nSPS) is 11.2. The fourth-order valence-electron chi connectivity index (χ4n) is 2.10. The summed E-state index contributed by atoms with van der Waals surface area (Å²) in [4.78, 5) is 3.15. The van der Waals surface area contributed by atoms with Gasteiger partial charge in [-0.2, -0.15) is 0 Å². The van der Waals surface area contributed by atoms with Gasteiger partial charge in [0.25, 0.3) is 0 Å². The molecule has 0 radical (unpaired) electrons. The molecule has 0 unspecified atom stereocenters. The number of H-pyrrole nitrogens is 1. The summed E-state index contributed by atoms with van der Waals surface area (Å²) in [6.45, 7) is 0.537. The summed E-state index contributed by atoms with van der Waals surface area (Å²) >= 11 is 14.6. The number of rotatable bonds is 2. The van der Waals surface area contributed by atoms with E-state index in [0.717, 1.165) is 21.1 Å². The summed E-state index contributed by atoms with van der Waals surface area (Å²) < 4.78 is 16.7. The Morgan fingerprint density at radius 2 is 2.05 bits per heavy atom. The van der Waals surface area contributed by atoms with Crippen LogP contribution in [0.3, 0.4) is 0 Å². The number of imidazole rings is 1. The lowest BCUT2D eigenvalue weighted by Gasteiger charge is -2.06. The monoisotopic (exact) mass is 370 g/mol. The Morgan fingerprint density at radius 3 is 2.80 bits per heavy atom. The lowest BCUT2D eigenvalue weighted by atomic mass is 10.2. The molecule has 0 aliphatic rings. The molecule has 102 valence electrons. The second-order valence-electron chi connectivity index (χ2n) is 4.43. The fourth-order valence-corrected chi connectivity index (χ4v) is 2.93. The van der Waals surface area contributed by atoms with Gasteiger partial charge in [0.1, 0.15) is 5.82 Å². The summed E-state index contributed by atoms with van der Waals surface area (Å²) in [5.74, 6) is -0.416. The van der Waals surface area contributed by atoms with Gasteiger partial charge in [-0.3, -0.25) is 0 Å². The summed E-state index contributed by atoms with van der Waals surface area (Å²) in [6, 6.07) is 10.6. The van der Waals surface area contributed by atoms with Crippen LogP contribution in [0.5, 0.6) is 0 Å². The van der Waals surface area contributed by atoms with Gasteiger partial charge in [-0.25, -0.2) is 4.39 Å². The summed E-state index contributed by atoms with van der Waals surface area (Å²) in [6.07, 6.45) is 0. The topological polar surface area (TPSA) is 20.7 Å². The molecule has 0 aliphatic heterocycles. The first-order valence-corrected chi connectivity index (χ1v) is 7.44. The molecule has 1 heterocycles. The number of fused-ring (bicyclic) bond motifs is 1. The van der Waals surface area contributed by atoms with Gasteiger partial charge < -0.3 is 9.55 Å². The van der Waals surface area contributed by atoms with Gasteiger partial charge >= 0.3 is 0 Å². The van der Waals surface area contributed by atoms with E-state index in [4.69, 9.17) is 23.8 Å². The van der Waals surface area contributed by atoms with Crippen LogP contribution >= 0.6 is 39.7 Å². The Labute approximate surface area is 133 Å². The number of nitrogens with zero attached hydrogens (tertiary/aromatic N) is 1. The molecule has 3 rings (SSSR count). The van der Waals surface area contributed by atoms with Crippen molar-refractivity contribution in [2.45, 2.75) is 6.54 Å². The average Bonchev–Trinajstić information content (AvgIpc) is 2.70. The van der Waals surface area contributed by atoms with Gasteiger partial charge in [0.2, 0.25) is 0 Å². The number of nitrogens with one attached hydrogen (secondary N) is 1. The van der Waals surface area contributed by atoms with E-state index in [-0.39, 0.29) is 5.02 Å². The van der Waals surface area contributed by atoms with Gasteiger partial charge in [-0.1, -0.05) is 33.6 Å². The zero-order valence-electron chi connectivity index (χ0n) is 10.2. The molecule has 0 atom stereocenters. The van der Waals surface area contributed by atoms with Gasteiger partial charge in [0.15, 0.2) is 4.77 Å². The van der Waals surface area contributed by atoms with Gasteiger partial charge in [-0.05, 0) is 48.1 Å². The molecule has 6 heteroatoms. The molecule has 0 aliphatic carbocycles. The van der Waals surface area contributed by atoms with Gasteiger partial charge in [-0.15, -0.1) is 0 Å². The highest BCUT2D eigenvalue weighted by Gasteiger charge is 2.07. The molecule has 0 saturated heterocycles. The number of hydrogen-bond donors (Lipinski definition) is 1. The van der Waals surface area contributed by atoms with Gasteiger partial charge in [0.05, 0.1) is 22.6 Å². The molecule has 0 amide bonds. The van der Waals surface area contributed by atoms with Crippen molar-refractivity contribution in [3.63, 3.8) is 0 Å². The molecular weight excluding hydrogens is 363 g/mol. The number of hydrogen-bond acceptors (Lipinski definition) is 1. The molecule has 0 saturated carbocycles. The molecule has 0 spiro atoms. The number of aromatic amines is 1. The first-order valence-electron chi connectivity index (χ1n) is 5.86. The van der Waals surface area contributed by atoms with Crippen molar-refractivity contribution in [1.82, 2.24) is 9.55 Å². The van der Waals surface area contributed by atoms with E-state index in [1.807, 2.05) is 22.8 Å². The molecule has 1 N–H and O–H groups in total. The Bertz CT molecular complexity index is 856. The first kappa shape index (κ1) is 13.8. The first-order chi connectivity index (χ1) is 9.54. The van der Waals surface area contributed by atoms with Crippen molar-refractivity contribution in [1.29, 1.82) is 0 Å². The van der Waals surface area contributed by atoms with Crippen molar-refractivity contribution in [3.05, 3.63) is 62.0 Å². The summed E-state index contributed by atoms with van der Waals surface area (Å²) in [5, 5.41) is 0.120. The maximum Gasteiger partial charge on any atom is 0.178 e. The van der Waals surface area contributed by atoms with Crippen molar-refractivity contribution >= 4 is 50.8 Å². The minimum Gasteiger partial charge on any atom is -0.331 e. The summed E-state index contributed by atoms with van der Waals surface area (Å²) in [7, 11) is 0. The Morgan fingerprint density at radius 1 is 1.25 bits per heavy atom.